The molecule has 2 saturated carbocycles. The van der Waals surface area contributed by atoms with Gasteiger partial charge in [-0.2, -0.15) is 0 Å². The van der Waals surface area contributed by atoms with Crippen molar-refractivity contribution in [3.8, 4) is 0 Å². The lowest BCUT2D eigenvalue weighted by Crippen LogP contribution is -2.71. The highest BCUT2D eigenvalue weighted by Gasteiger charge is 2.66. The van der Waals surface area contributed by atoms with Crippen LogP contribution in [0.15, 0.2) is 24.3 Å². The standard InChI is InChI=1S/C19H26N2O2/c1-12(14-4-6-15(7-5-14)21-13(2)22)20-17-16-8-11-23-18(16)19(17)9-3-10-19/h4-7,12,16-18,20H,3,8-11H2,1-2H3,(H,21,22). The maximum absolute atomic E-state index is 11.1. The fraction of sp³-hybridized carbons (Fsp3) is 0.632. The molecule has 1 spiro atoms. The van der Waals surface area contributed by atoms with E-state index in [1.807, 2.05) is 12.1 Å². The number of fused-ring (bicyclic) bond motifs is 2. The largest absolute Gasteiger partial charge is 0.377 e. The highest BCUT2D eigenvalue weighted by molar-refractivity contribution is 5.88. The van der Waals surface area contributed by atoms with Crippen LogP contribution in [0, 0.1) is 11.3 Å². The molecule has 1 heterocycles. The van der Waals surface area contributed by atoms with E-state index < -0.39 is 0 Å². The normalized spacial score (nSPS) is 31.8. The second-order valence-electron chi connectivity index (χ2n) is 7.50. The quantitative estimate of drug-likeness (QED) is 0.897. The molecule has 23 heavy (non-hydrogen) atoms. The zero-order chi connectivity index (χ0) is 16.0. The molecule has 4 heteroatoms. The molecule has 4 unspecified atom stereocenters. The number of anilines is 1. The van der Waals surface area contributed by atoms with Crippen LogP contribution in [-0.2, 0) is 9.53 Å². The first kappa shape index (κ1) is 15.2. The smallest absolute Gasteiger partial charge is 0.221 e. The predicted molar refractivity (Wildman–Crippen MR) is 90.2 cm³/mol. The number of amides is 1. The highest BCUT2D eigenvalue weighted by Crippen LogP contribution is 2.63. The average Bonchev–Trinajstić information content (AvgIpc) is 2.88. The third-order valence-electron chi connectivity index (χ3n) is 6.20. The Balaban J connectivity index is 1.43. The number of ether oxygens (including phenoxy) is 1. The van der Waals surface area contributed by atoms with Gasteiger partial charge < -0.3 is 15.4 Å². The van der Waals surface area contributed by atoms with E-state index in [1.165, 1.54) is 38.2 Å². The van der Waals surface area contributed by atoms with Crippen molar-refractivity contribution in [3.63, 3.8) is 0 Å². The molecule has 4 atom stereocenters. The summed E-state index contributed by atoms with van der Waals surface area (Å²) in [6.07, 6.45) is 5.71. The first-order chi connectivity index (χ1) is 11.1. The van der Waals surface area contributed by atoms with Crippen LogP contribution < -0.4 is 10.6 Å². The number of nitrogens with one attached hydrogen (secondary N) is 2. The van der Waals surface area contributed by atoms with Gasteiger partial charge in [-0.25, -0.2) is 0 Å². The van der Waals surface area contributed by atoms with Crippen molar-refractivity contribution in [2.24, 2.45) is 11.3 Å². The van der Waals surface area contributed by atoms with Gasteiger partial charge in [0, 0.05) is 42.6 Å². The first-order valence-electron chi connectivity index (χ1n) is 8.85. The van der Waals surface area contributed by atoms with Crippen molar-refractivity contribution < 1.29 is 9.53 Å². The highest BCUT2D eigenvalue weighted by atomic mass is 16.5. The Labute approximate surface area is 138 Å². The van der Waals surface area contributed by atoms with Crippen LogP contribution in [0.1, 0.15) is 51.1 Å². The zero-order valence-corrected chi connectivity index (χ0v) is 14.0. The molecule has 1 aliphatic heterocycles. The molecule has 0 aromatic heterocycles. The van der Waals surface area contributed by atoms with Crippen molar-refractivity contribution in [2.75, 3.05) is 11.9 Å². The summed E-state index contributed by atoms with van der Waals surface area (Å²) in [5.74, 6) is 0.675. The van der Waals surface area contributed by atoms with Crippen LogP contribution in [0.25, 0.3) is 0 Å². The van der Waals surface area contributed by atoms with Gasteiger partial charge in [-0.3, -0.25) is 4.79 Å². The van der Waals surface area contributed by atoms with Gasteiger partial charge in [0.05, 0.1) is 6.10 Å². The molecule has 3 fully saturated rings. The number of rotatable bonds is 4. The molecule has 2 aliphatic carbocycles. The van der Waals surface area contributed by atoms with Gasteiger partial charge in [0.25, 0.3) is 0 Å². The first-order valence-corrected chi connectivity index (χ1v) is 8.85. The number of hydrogen-bond acceptors (Lipinski definition) is 3. The van der Waals surface area contributed by atoms with Crippen LogP contribution in [0.5, 0.6) is 0 Å². The molecule has 3 aliphatic rings. The molecule has 1 amide bonds. The summed E-state index contributed by atoms with van der Waals surface area (Å²) in [4.78, 5) is 11.1. The summed E-state index contributed by atoms with van der Waals surface area (Å²) in [5.41, 5.74) is 2.55. The SMILES string of the molecule is CC(=O)Nc1ccc(C(C)NC2C3CCOC3C23CCC3)cc1. The molecule has 4 rings (SSSR count). The molecule has 1 saturated heterocycles. The number of carbonyl (C=O) groups is 1. The molecule has 4 nitrogen and oxygen atoms in total. The minimum absolute atomic E-state index is 0.0300. The van der Waals surface area contributed by atoms with Gasteiger partial charge in [-0.1, -0.05) is 18.6 Å². The molecular formula is C19H26N2O2. The maximum Gasteiger partial charge on any atom is 0.221 e. The van der Waals surface area contributed by atoms with Gasteiger partial charge in [-0.05, 0) is 43.9 Å². The van der Waals surface area contributed by atoms with Crippen LogP contribution >= 0.6 is 0 Å². The number of hydrogen-bond donors (Lipinski definition) is 2. The van der Waals surface area contributed by atoms with Crippen molar-refractivity contribution in [3.05, 3.63) is 29.8 Å². The average molecular weight is 314 g/mol. The summed E-state index contributed by atoms with van der Waals surface area (Å²) in [5, 5.41) is 6.71. The Morgan fingerprint density at radius 1 is 1.30 bits per heavy atom. The van der Waals surface area contributed by atoms with Crippen molar-refractivity contribution in [1.29, 1.82) is 0 Å². The Bertz CT molecular complexity index is 594. The molecule has 124 valence electrons. The Morgan fingerprint density at radius 2 is 2.04 bits per heavy atom. The molecule has 2 N–H and O–H groups in total. The molecule has 1 aromatic carbocycles. The van der Waals surface area contributed by atoms with Gasteiger partial charge in [0.2, 0.25) is 5.91 Å². The predicted octanol–water partition coefficient (Wildman–Crippen LogP) is 3.25. The zero-order valence-electron chi connectivity index (χ0n) is 14.0. The van der Waals surface area contributed by atoms with E-state index in [4.69, 9.17) is 4.74 Å². The van der Waals surface area contributed by atoms with Gasteiger partial charge in [0.15, 0.2) is 0 Å². The van der Waals surface area contributed by atoms with E-state index >= 15 is 0 Å². The molecule has 1 aromatic rings. The van der Waals surface area contributed by atoms with Gasteiger partial charge in [-0.15, -0.1) is 0 Å². The van der Waals surface area contributed by atoms with Crippen molar-refractivity contribution in [1.82, 2.24) is 5.32 Å². The lowest BCUT2D eigenvalue weighted by Gasteiger charge is -2.64. The second kappa shape index (κ2) is 5.60. The number of benzene rings is 1. The monoisotopic (exact) mass is 314 g/mol. The summed E-state index contributed by atoms with van der Waals surface area (Å²) < 4.78 is 6.00. The van der Waals surface area contributed by atoms with Crippen molar-refractivity contribution in [2.45, 2.75) is 57.7 Å². The number of carbonyl (C=O) groups excluding carboxylic acids is 1. The van der Waals surface area contributed by atoms with Crippen LogP contribution in [-0.4, -0.2) is 24.7 Å². The molecule has 0 radical (unpaired) electrons. The summed E-state index contributed by atoms with van der Waals surface area (Å²) in [6.45, 7) is 4.71. The maximum atomic E-state index is 11.1. The van der Waals surface area contributed by atoms with E-state index in [2.05, 4.69) is 29.7 Å². The minimum atomic E-state index is -0.0300. The van der Waals surface area contributed by atoms with Gasteiger partial charge >= 0.3 is 0 Å². The topological polar surface area (TPSA) is 50.4 Å². The van der Waals surface area contributed by atoms with Crippen LogP contribution in [0.3, 0.4) is 0 Å². The van der Waals surface area contributed by atoms with Crippen LogP contribution in [0.4, 0.5) is 5.69 Å². The Kier molecular flexibility index (Phi) is 3.69. The lowest BCUT2D eigenvalue weighted by molar-refractivity contribution is -0.178. The van der Waals surface area contributed by atoms with Crippen LogP contribution in [0.2, 0.25) is 0 Å². The van der Waals surface area contributed by atoms with Crippen molar-refractivity contribution >= 4 is 11.6 Å². The second-order valence-corrected chi connectivity index (χ2v) is 7.50. The Hall–Kier alpha value is -1.39. The lowest BCUT2D eigenvalue weighted by atomic mass is 9.46. The van der Waals surface area contributed by atoms with E-state index in [0.717, 1.165) is 12.3 Å². The Morgan fingerprint density at radius 3 is 2.65 bits per heavy atom. The fourth-order valence-electron chi connectivity index (χ4n) is 4.92. The summed E-state index contributed by atoms with van der Waals surface area (Å²) in [7, 11) is 0. The van der Waals surface area contributed by atoms with Gasteiger partial charge in [0.1, 0.15) is 0 Å². The fourth-order valence-corrected chi connectivity index (χ4v) is 4.92. The van der Waals surface area contributed by atoms with E-state index in [-0.39, 0.29) is 5.91 Å². The third kappa shape index (κ3) is 2.39. The molecule has 0 bridgehead atoms. The minimum Gasteiger partial charge on any atom is -0.377 e. The molecular weight excluding hydrogens is 288 g/mol. The summed E-state index contributed by atoms with van der Waals surface area (Å²) >= 11 is 0. The van der Waals surface area contributed by atoms with E-state index in [0.29, 0.717) is 29.5 Å². The van der Waals surface area contributed by atoms with E-state index in [1.54, 1.807) is 0 Å². The van der Waals surface area contributed by atoms with E-state index in [9.17, 15) is 4.79 Å². The summed E-state index contributed by atoms with van der Waals surface area (Å²) in [6, 6.07) is 9.11. The third-order valence-corrected chi connectivity index (χ3v) is 6.20.